The average molecular weight is 470 g/mol. The Hall–Kier alpha value is -3.86. The number of ketones is 1. The molecule has 5 nitrogen and oxygen atoms in total. The van der Waals surface area contributed by atoms with Crippen molar-refractivity contribution in [1.29, 1.82) is 0 Å². The number of rotatable bonds is 6. The summed E-state index contributed by atoms with van der Waals surface area (Å²) in [6.07, 6.45) is 0. The number of amides is 1. The van der Waals surface area contributed by atoms with Crippen LogP contribution < -0.4 is 9.64 Å². The van der Waals surface area contributed by atoms with Crippen LogP contribution in [0.3, 0.4) is 0 Å². The van der Waals surface area contributed by atoms with Crippen LogP contribution in [0.15, 0.2) is 72.3 Å². The van der Waals surface area contributed by atoms with Gasteiger partial charge in [-0.15, -0.1) is 0 Å². The second-order valence-corrected chi connectivity index (χ2v) is 9.58. The van der Waals surface area contributed by atoms with Crippen molar-refractivity contribution in [3.05, 3.63) is 100 Å². The molecule has 0 radical (unpaired) electrons. The maximum atomic E-state index is 13.3. The van der Waals surface area contributed by atoms with Gasteiger partial charge in [-0.25, -0.2) is 0 Å². The number of carbonyl (C=O) groups excluding carboxylic acids is 2. The van der Waals surface area contributed by atoms with E-state index in [4.69, 9.17) is 4.74 Å². The molecule has 5 heteroatoms. The van der Waals surface area contributed by atoms with Crippen LogP contribution in [0.1, 0.15) is 47.7 Å². The number of nitrogens with zero attached hydrogens (tertiary/aromatic N) is 1. The molecule has 4 rings (SSSR count). The topological polar surface area (TPSA) is 66.8 Å². The Labute approximate surface area is 206 Å². The van der Waals surface area contributed by atoms with Crippen molar-refractivity contribution in [1.82, 2.24) is 0 Å². The molecule has 1 amide bonds. The van der Waals surface area contributed by atoms with Gasteiger partial charge in [0.15, 0.2) is 0 Å². The van der Waals surface area contributed by atoms with Crippen LogP contribution in [0, 0.1) is 26.7 Å². The van der Waals surface area contributed by atoms with Gasteiger partial charge in [0.05, 0.1) is 18.2 Å². The van der Waals surface area contributed by atoms with Crippen LogP contribution >= 0.6 is 0 Å². The number of ether oxygens (including phenoxy) is 1. The lowest BCUT2D eigenvalue weighted by molar-refractivity contribution is -0.132. The quantitative estimate of drug-likeness (QED) is 0.262. The van der Waals surface area contributed by atoms with E-state index in [1.165, 1.54) is 4.90 Å². The first-order valence-corrected chi connectivity index (χ1v) is 11.9. The molecule has 0 spiro atoms. The van der Waals surface area contributed by atoms with Crippen LogP contribution in [0.4, 0.5) is 5.69 Å². The molecule has 0 aromatic heterocycles. The van der Waals surface area contributed by atoms with E-state index in [0.29, 0.717) is 35.1 Å². The molecule has 3 aromatic rings. The fourth-order valence-corrected chi connectivity index (χ4v) is 4.17. The highest BCUT2D eigenvalue weighted by Gasteiger charge is 2.47. The third-order valence-corrected chi connectivity index (χ3v) is 6.32. The molecule has 1 heterocycles. The summed E-state index contributed by atoms with van der Waals surface area (Å²) < 4.78 is 5.81. The van der Waals surface area contributed by atoms with Crippen molar-refractivity contribution in [2.45, 2.75) is 40.7 Å². The first kappa shape index (κ1) is 24.3. The maximum Gasteiger partial charge on any atom is 0.300 e. The number of Topliss-reactive ketones (excluding diaryl/α,β-unsaturated/α-hetero) is 1. The fraction of sp³-hybridized carbons (Fsp3) is 0.267. The molecule has 0 aliphatic carbocycles. The molecule has 1 aliphatic heterocycles. The van der Waals surface area contributed by atoms with Crippen molar-refractivity contribution in [2.75, 3.05) is 11.5 Å². The van der Waals surface area contributed by atoms with Crippen molar-refractivity contribution in [3.63, 3.8) is 0 Å². The van der Waals surface area contributed by atoms with E-state index in [-0.39, 0.29) is 11.3 Å². The molecule has 1 fully saturated rings. The third-order valence-electron chi connectivity index (χ3n) is 6.32. The minimum Gasteiger partial charge on any atom is -0.507 e. The monoisotopic (exact) mass is 469 g/mol. The Morgan fingerprint density at radius 1 is 0.914 bits per heavy atom. The molecule has 1 atom stereocenters. The van der Waals surface area contributed by atoms with Crippen LogP contribution in [-0.4, -0.2) is 23.4 Å². The zero-order valence-electron chi connectivity index (χ0n) is 20.8. The summed E-state index contributed by atoms with van der Waals surface area (Å²) in [7, 11) is 0. The third kappa shape index (κ3) is 4.85. The largest absolute Gasteiger partial charge is 0.507 e. The van der Waals surface area contributed by atoms with Gasteiger partial charge in [-0.05, 0) is 73.7 Å². The number of benzene rings is 3. The minimum atomic E-state index is -0.765. The molecule has 180 valence electrons. The molecule has 1 unspecified atom stereocenters. The van der Waals surface area contributed by atoms with Crippen molar-refractivity contribution >= 4 is 23.1 Å². The molecule has 35 heavy (non-hydrogen) atoms. The van der Waals surface area contributed by atoms with E-state index in [2.05, 4.69) is 13.8 Å². The first-order chi connectivity index (χ1) is 16.7. The first-order valence-electron chi connectivity index (χ1n) is 11.9. The second kappa shape index (κ2) is 9.79. The lowest BCUT2D eigenvalue weighted by Gasteiger charge is -2.26. The van der Waals surface area contributed by atoms with E-state index in [1.54, 1.807) is 6.07 Å². The molecule has 3 aromatic carbocycles. The summed E-state index contributed by atoms with van der Waals surface area (Å²) in [6.45, 7) is 10.6. The Balaban J connectivity index is 1.85. The molecule has 0 saturated carbocycles. The standard InChI is InChI=1S/C30H31NO4/c1-18(2)17-35-25-14-10-22(11-15-25)27-26(28(32)23-9-8-20(4)21(5)16-23)29(33)30(34)31(27)24-12-6-19(3)7-13-24/h6-16,18,27,32H,17H2,1-5H3/b28-26-. The molecule has 1 aliphatic rings. The average Bonchev–Trinajstić information content (AvgIpc) is 3.10. The zero-order valence-corrected chi connectivity index (χ0v) is 20.8. The van der Waals surface area contributed by atoms with Crippen LogP contribution in [-0.2, 0) is 9.59 Å². The Bertz CT molecular complexity index is 1290. The van der Waals surface area contributed by atoms with Crippen molar-refractivity contribution in [2.24, 2.45) is 5.92 Å². The van der Waals surface area contributed by atoms with E-state index in [0.717, 1.165) is 16.7 Å². The van der Waals surface area contributed by atoms with Gasteiger partial charge in [-0.2, -0.15) is 0 Å². The number of aliphatic hydroxyl groups is 1. The Morgan fingerprint density at radius 2 is 1.57 bits per heavy atom. The Kier molecular flexibility index (Phi) is 6.79. The van der Waals surface area contributed by atoms with Crippen molar-refractivity contribution < 1.29 is 19.4 Å². The molecule has 1 saturated heterocycles. The summed E-state index contributed by atoms with van der Waals surface area (Å²) in [5, 5.41) is 11.3. The number of hydrogen-bond donors (Lipinski definition) is 1. The zero-order chi connectivity index (χ0) is 25.3. The number of hydrogen-bond acceptors (Lipinski definition) is 4. The van der Waals surface area contributed by atoms with Gasteiger partial charge >= 0.3 is 0 Å². The summed E-state index contributed by atoms with van der Waals surface area (Å²) in [5.74, 6) is -0.438. The minimum absolute atomic E-state index is 0.0784. The van der Waals surface area contributed by atoms with Gasteiger partial charge in [0, 0.05) is 11.3 Å². The number of aryl methyl sites for hydroxylation is 3. The maximum absolute atomic E-state index is 13.3. The highest BCUT2D eigenvalue weighted by atomic mass is 16.5. The van der Waals surface area contributed by atoms with Gasteiger partial charge in [0.1, 0.15) is 11.5 Å². The van der Waals surface area contributed by atoms with E-state index in [1.807, 2.05) is 81.4 Å². The summed E-state index contributed by atoms with van der Waals surface area (Å²) in [5.41, 5.74) is 5.02. The van der Waals surface area contributed by atoms with Gasteiger partial charge in [0.25, 0.3) is 11.7 Å². The molecular weight excluding hydrogens is 438 g/mol. The van der Waals surface area contributed by atoms with Gasteiger partial charge in [-0.1, -0.05) is 55.8 Å². The highest BCUT2D eigenvalue weighted by molar-refractivity contribution is 6.51. The summed E-state index contributed by atoms with van der Waals surface area (Å²) >= 11 is 0. The lowest BCUT2D eigenvalue weighted by Crippen LogP contribution is -2.29. The van der Waals surface area contributed by atoms with E-state index in [9.17, 15) is 14.7 Å². The molecule has 1 N–H and O–H groups in total. The number of anilines is 1. The van der Waals surface area contributed by atoms with Gasteiger partial charge in [0.2, 0.25) is 0 Å². The SMILES string of the molecule is Cc1ccc(N2C(=O)C(=O)/C(=C(\O)c3ccc(C)c(C)c3)C2c2ccc(OCC(C)C)cc2)cc1. The smallest absolute Gasteiger partial charge is 0.300 e. The summed E-state index contributed by atoms with van der Waals surface area (Å²) in [6, 6.07) is 19.6. The predicted octanol–water partition coefficient (Wildman–Crippen LogP) is 6.27. The second-order valence-electron chi connectivity index (χ2n) is 9.58. The van der Waals surface area contributed by atoms with Gasteiger partial charge < -0.3 is 9.84 Å². The molecular formula is C30H31NO4. The number of carbonyl (C=O) groups is 2. The van der Waals surface area contributed by atoms with E-state index < -0.39 is 17.7 Å². The van der Waals surface area contributed by atoms with Crippen LogP contribution in [0.25, 0.3) is 5.76 Å². The lowest BCUT2D eigenvalue weighted by atomic mass is 9.94. The number of aliphatic hydroxyl groups excluding tert-OH is 1. The van der Waals surface area contributed by atoms with Crippen molar-refractivity contribution in [3.8, 4) is 5.75 Å². The normalized spacial score (nSPS) is 17.3. The van der Waals surface area contributed by atoms with Crippen LogP contribution in [0.5, 0.6) is 5.75 Å². The summed E-state index contributed by atoms with van der Waals surface area (Å²) in [4.78, 5) is 28.1. The Morgan fingerprint density at radius 3 is 2.17 bits per heavy atom. The highest BCUT2D eigenvalue weighted by Crippen LogP contribution is 2.42. The predicted molar refractivity (Wildman–Crippen MR) is 139 cm³/mol. The van der Waals surface area contributed by atoms with Crippen LogP contribution in [0.2, 0.25) is 0 Å². The van der Waals surface area contributed by atoms with Gasteiger partial charge in [-0.3, -0.25) is 14.5 Å². The van der Waals surface area contributed by atoms with E-state index >= 15 is 0 Å². The molecule has 0 bridgehead atoms. The fourth-order valence-electron chi connectivity index (χ4n) is 4.17.